The molecule has 0 aromatic heterocycles. The predicted octanol–water partition coefficient (Wildman–Crippen LogP) is 4.12. The number of hydrogen-bond donors (Lipinski definition) is 2. The quantitative estimate of drug-likeness (QED) is 0.601. The molecule has 5 nitrogen and oxygen atoms in total. The fourth-order valence-electron chi connectivity index (χ4n) is 3.82. The monoisotopic (exact) mass is 443 g/mol. The fraction of sp³-hybridized carbons (Fsp3) is 0.381. The van der Waals surface area contributed by atoms with E-state index in [1.54, 1.807) is 24.3 Å². The number of halogens is 3. The van der Waals surface area contributed by atoms with Crippen molar-refractivity contribution in [3.63, 3.8) is 0 Å². The SMILES string of the molecule is COc1ccc(C(CC(C)C)(c2ccc(C(F)(F)F)cc2)C(C(N)=O)S(=O)O)cc1. The van der Waals surface area contributed by atoms with Gasteiger partial charge in [-0.3, -0.25) is 4.79 Å². The zero-order valence-corrected chi connectivity index (χ0v) is 17.6. The average Bonchev–Trinajstić information content (AvgIpc) is 2.66. The number of primary amides is 1. The number of nitrogens with two attached hydrogens (primary N) is 1. The van der Waals surface area contributed by atoms with Crippen LogP contribution in [0.2, 0.25) is 0 Å². The van der Waals surface area contributed by atoms with E-state index in [2.05, 4.69) is 0 Å². The molecule has 1 amide bonds. The molecule has 2 rings (SSSR count). The van der Waals surface area contributed by atoms with Crippen molar-refractivity contribution in [2.75, 3.05) is 7.11 Å². The summed E-state index contributed by atoms with van der Waals surface area (Å²) in [5.74, 6) is -0.586. The van der Waals surface area contributed by atoms with Gasteiger partial charge in [-0.15, -0.1) is 0 Å². The van der Waals surface area contributed by atoms with Crippen molar-refractivity contribution in [3.8, 4) is 5.75 Å². The van der Waals surface area contributed by atoms with E-state index in [4.69, 9.17) is 10.5 Å². The van der Waals surface area contributed by atoms with Gasteiger partial charge in [-0.2, -0.15) is 13.2 Å². The van der Waals surface area contributed by atoms with E-state index >= 15 is 0 Å². The van der Waals surface area contributed by atoms with Crippen LogP contribution < -0.4 is 10.5 Å². The molecule has 0 aliphatic carbocycles. The van der Waals surface area contributed by atoms with Gasteiger partial charge in [0.1, 0.15) is 5.75 Å². The van der Waals surface area contributed by atoms with Crippen molar-refractivity contribution < 1.29 is 31.5 Å². The van der Waals surface area contributed by atoms with Crippen molar-refractivity contribution >= 4 is 17.0 Å². The highest BCUT2D eigenvalue weighted by atomic mass is 32.2. The Morgan fingerprint density at radius 1 is 1.03 bits per heavy atom. The highest BCUT2D eigenvalue weighted by molar-refractivity contribution is 7.80. The Bertz CT molecular complexity index is 884. The second-order valence-electron chi connectivity index (χ2n) is 7.43. The van der Waals surface area contributed by atoms with Gasteiger partial charge in [-0.25, -0.2) is 4.21 Å². The van der Waals surface area contributed by atoms with Crippen LogP contribution in [0.5, 0.6) is 5.75 Å². The van der Waals surface area contributed by atoms with E-state index in [0.717, 1.165) is 12.1 Å². The van der Waals surface area contributed by atoms with Crippen molar-refractivity contribution in [2.24, 2.45) is 11.7 Å². The first kappa shape index (κ1) is 23.9. The minimum absolute atomic E-state index is 0.0835. The second-order valence-corrected chi connectivity index (χ2v) is 8.46. The topological polar surface area (TPSA) is 89.6 Å². The smallest absolute Gasteiger partial charge is 0.416 e. The molecule has 0 fully saturated rings. The first-order valence-corrected chi connectivity index (χ1v) is 10.3. The lowest BCUT2D eigenvalue weighted by molar-refractivity contribution is -0.137. The lowest BCUT2D eigenvalue weighted by atomic mass is 9.66. The number of methoxy groups -OCH3 is 1. The van der Waals surface area contributed by atoms with Gasteiger partial charge in [-0.1, -0.05) is 38.1 Å². The molecule has 9 heteroatoms. The van der Waals surface area contributed by atoms with Crippen molar-refractivity contribution in [1.29, 1.82) is 0 Å². The maximum absolute atomic E-state index is 13.1. The van der Waals surface area contributed by atoms with Crippen LogP contribution in [0.4, 0.5) is 13.2 Å². The maximum Gasteiger partial charge on any atom is 0.416 e. The van der Waals surface area contributed by atoms with Crippen LogP contribution in [0.1, 0.15) is 37.0 Å². The average molecular weight is 443 g/mol. The number of benzene rings is 2. The van der Waals surface area contributed by atoms with Gasteiger partial charge >= 0.3 is 6.18 Å². The first-order valence-electron chi connectivity index (χ1n) is 9.14. The molecule has 0 spiro atoms. The molecule has 0 aliphatic heterocycles. The second kappa shape index (κ2) is 9.18. The molecule has 0 saturated heterocycles. The van der Waals surface area contributed by atoms with Gasteiger partial charge in [0.25, 0.3) is 0 Å². The Hall–Kier alpha value is -2.39. The zero-order chi connectivity index (χ0) is 22.7. The van der Waals surface area contributed by atoms with Crippen LogP contribution in [0, 0.1) is 5.92 Å². The molecular formula is C21H24F3NO4S. The fourth-order valence-corrected chi connectivity index (χ4v) is 4.73. The minimum atomic E-state index is -4.54. The van der Waals surface area contributed by atoms with E-state index in [1.165, 1.54) is 19.2 Å². The summed E-state index contributed by atoms with van der Waals surface area (Å²) in [6, 6.07) is 10.7. The van der Waals surface area contributed by atoms with Gasteiger partial charge in [0, 0.05) is 5.41 Å². The molecule has 164 valence electrons. The normalized spacial score (nSPS) is 16.0. The lowest BCUT2D eigenvalue weighted by Crippen LogP contribution is -2.51. The van der Waals surface area contributed by atoms with E-state index in [1.807, 2.05) is 13.8 Å². The summed E-state index contributed by atoms with van der Waals surface area (Å²) in [5, 5.41) is -1.58. The van der Waals surface area contributed by atoms with Crippen molar-refractivity contribution in [2.45, 2.75) is 37.1 Å². The van der Waals surface area contributed by atoms with Crippen LogP contribution in [0.25, 0.3) is 0 Å². The van der Waals surface area contributed by atoms with Gasteiger partial charge in [-0.05, 0) is 47.7 Å². The Labute approximate surface area is 175 Å². The molecule has 0 bridgehead atoms. The minimum Gasteiger partial charge on any atom is -0.497 e. The maximum atomic E-state index is 13.1. The summed E-state index contributed by atoms with van der Waals surface area (Å²) in [4.78, 5) is 12.3. The third kappa shape index (κ3) is 4.84. The van der Waals surface area contributed by atoms with E-state index in [0.29, 0.717) is 16.9 Å². The molecule has 2 aromatic rings. The molecule has 0 saturated carbocycles. The van der Waals surface area contributed by atoms with Gasteiger partial charge in [0.15, 0.2) is 16.3 Å². The Morgan fingerprint density at radius 2 is 1.47 bits per heavy atom. The molecule has 3 atom stereocenters. The highest BCUT2D eigenvalue weighted by Gasteiger charge is 2.49. The predicted molar refractivity (Wildman–Crippen MR) is 108 cm³/mol. The molecule has 30 heavy (non-hydrogen) atoms. The Kier molecular flexibility index (Phi) is 7.31. The largest absolute Gasteiger partial charge is 0.497 e. The number of amides is 1. The number of alkyl halides is 3. The van der Waals surface area contributed by atoms with Crippen LogP contribution in [0.3, 0.4) is 0 Å². The van der Waals surface area contributed by atoms with E-state index < -0.39 is 39.4 Å². The van der Waals surface area contributed by atoms with Crippen molar-refractivity contribution in [1.82, 2.24) is 0 Å². The van der Waals surface area contributed by atoms with Crippen LogP contribution in [-0.2, 0) is 27.5 Å². The molecule has 2 aromatic carbocycles. The molecule has 3 N–H and O–H groups in total. The van der Waals surface area contributed by atoms with Gasteiger partial charge < -0.3 is 15.0 Å². The zero-order valence-electron chi connectivity index (χ0n) is 16.8. The highest BCUT2D eigenvalue weighted by Crippen LogP contribution is 2.44. The number of carbonyl (C=O) groups is 1. The van der Waals surface area contributed by atoms with Crippen LogP contribution >= 0.6 is 0 Å². The summed E-state index contributed by atoms with van der Waals surface area (Å²) in [6.07, 6.45) is -4.34. The number of hydrogen-bond acceptors (Lipinski definition) is 3. The number of carbonyl (C=O) groups excluding carboxylic acids is 1. The Morgan fingerprint density at radius 3 is 1.80 bits per heavy atom. The lowest BCUT2D eigenvalue weighted by Gasteiger charge is -2.40. The number of rotatable bonds is 8. The summed E-state index contributed by atoms with van der Waals surface area (Å²) >= 11 is -2.68. The standard InChI is InChI=1S/C21H24F3NO4S/c1-13(2)12-20(18(19(25)26)30(27)28,15-8-10-17(29-3)11-9-15)14-4-6-16(7-5-14)21(22,23)24/h4-11,13,18H,12H2,1-3H3,(H2,25,26)(H,27,28). The van der Waals surface area contributed by atoms with Crippen LogP contribution in [-0.4, -0.2) is 27.0 Å². The van der Waals surface area contributed by atoms with Gasteiger partial charge in [0.2, 0.25) is 5.91 Å². The molecule has 0 radical (unpaired) electrons. The third-order valence-electron chi connectivity index (χ3n) is 4.97. The molecular weight excluding hydrogens is 419 g/mol. The summed E-state index contributed by atoms with van der Waals surface area (Å²) < 4.78 is 66.6. The third-order valence-corrected chi connectivity index (χ3v) is 6.01. The Balaban J connectivity index is 2.84. The summed E-state index contributed by atoms with van der Waals surface area (Å²) in [5.41, 5.74) is 4.02. The van der Waals surface area contributed by atoms with Crippen molar-refractivity contribution in [3.05, 3.63) is 65.2 Å². The summed E-state index contributed by atoms with van der Waals surface area (Å²) in [7, 11) is 1.47. The van der Waals surface area contributed by atoms with E-state index in [-0.39, 0.29) is 12.3 Å². The molecule has 3 unspecified atom stereocenters. The number of ether oxygens (including phenoxy) is 1. The first-order chi connectivity index (χ1) is 13.9. The molecule has 0 aliphatic rings. The van der Waals surface area contributed by atoms with Crippen LogP contribution in [0.15, 0.2) is 48.5 Å². The summed E-state index contributed by atoms with van der Waals surface area (Å²) in [6.45, 7) is 3.70. The van der Waals surface area contributed by atoms with E-state index in [9.17, 15) is 26.7 Å². The molecule has 0 heterocycles. The van der Waals surface area contributed by atoms with Gasteiger partial charge in [0.05, 0.1) is 12.7 Å².